The number of rotatable bonds is 2. The third kappa shape index (κ3) is 1.70. The number of oxazole rings is 1. The van der Waals surface area contributed by atoms with E-state index in [1.807, 2.05) is 18.2 Å². The maximum absolute atomic E-state index is 5.62. The number of hydrogen-bond acceptors (Lipinski definition) is 3. The fourth-order valence-corrected chi connectivity index (χ4v) is 1.98. The standard InChI is InChI=1S/C14H12N2O/c15-8-13-14(17-9-16-13)12-6-5-10-3-1-2-4-11(10)7-12/h1-7,9H,8,15H2. The topological polar surface area (TPSA) is 52.0 Å². The summed E-state index contributed by atoms with van der Waals surface area (Å²) in [5, 5.41) is 2.40. The minimum atomic E-state index is 0.388. The van der Waals surface area contributed by atoms with Crippen molar-refractivity contribution in [2.75, 3.05) is 0 Å². The lowest BCUT2D eigenvalue weighted by molar-refractivity contribution is 0.571. The van der Waals surface area contributed by atoms with E-state index in [-0.39, 0.29) is 0 Å². The van der Waals surface area contributed by atoms with E-state index in [9.17, 15) is 0 Å². The van der Waals surface area contributed by atoms with Gasteiger partial charge in [0.1, 0.15) is 5.69 Å². The lowest BCUT2D eigenvalue weighted by atomic mass is 10.0. The summed E-state index contributed by atoms with van der Waals surface area (Å²) >= 11 is 0. The van der Waals surface area contributed by atoms with Crippen LogP contribution in [-0.4, -0.2) is 4.98 Å². The molecule has 84 valence electrons. The van der Waals surface area contributed by atoms with Gasteiger partial charge in [-0.05, 0) is 16.8 Å². The van der Waals surface area contributed by atoms with E-state index >= 15 is 0 Å². The molecule has 0 unspecified atom stereocenters. The van der Waals surface area contributed by atoms with Crippen LogP contribution in [0.5, 0.6) is 0 Å². The Hall–Kier alpha value is -2.13. The number of hydrogen-bond donors (Lipinski definition) is 1. The first-order chi connectivity index (χ1) is 8.38. The molecule has 0 amide bonds. The molecule has 3 aromatic rings. The summed E-state index contributed by atoms with van der Waals surface area (Å²) in [5.41, 5.74) is 7.43. The number of aromatic nitrogens is 1. The van der Waals surface area contributed by atoms with E-state index < -0.39 is 0 Å². The van der Waals surface area contributed by atoms with Gasteiger partial charge in [-0.15, -0.1) is 0 Å². The third-order valence-electron chi connectivity index (χ3n) is 2.85. The van der Waals surface area contributed by atoms with Crippen molar-refractivity contribution in [3.63, 3.8) is 0 Å². The van der Waals surface area contributed by atoms with E-state index in [0.29, 0.717) is 6.54 Å². The Morgan fingerprint density at radius 3 is 2.71 bits per heavy atom. The van der Waals surface area contributed by atoms with Gasteiger partial charge < -0.3 is 10.2 Å². The lowest BCUT2D eigenvalue weighted by Gasteiger charge is -2.02. The van der Waals surface area contributed by atoms with Gasteiger partial charge in [0.25, 0.3) is 0 Å². The molecule has 0 fully saturated rings. The zero-order chi connectivity index (χ0) is 11.7. The van der Waals surface area contributed by atoms with Crippen LogP contribution in [0.2, 0.25) is 0 Å². The van der Waals surface area contributed by atoms with Crippen molar-refractivity contribution in [2.45, 2.75) is 6.54 Å². The van der Waals surface area contributed by atoms with Gasteiger partial charge in [-0.1, -0.05) is 36.4 Å². The summed E-state index contributed by atoms with van der Waals surface area (Å²) in [6, 6.07) is 14.4. The van der Waals surface area contributed by atoms with E-state index in [4.69, 9.17) is 10.2 Å². The maximum atomic E-state index is 5.62. The predicted octanol–water partition coefficient (Wildman–Crippen LogP) is 2.95. The van der Waals surface area contributed by atoms with Crippen molar-refractivity contribution in [3.8, 4) is 11.3 Å². The second-order valence-electron chi connectivity index (χ2n) is 3.89. The van der Waals surface area contributed by atoms with Gasteiger partial charge in [0, 0.05) is 12.1 Å². The van der Waals surface area contributed by atoms with Crippen molar-refractivity contribution < 1.29 is 4.42 Å². The highest BCUT2D eigenvalue weighted by Crippen LogP contribution is 2.26. The first-order valence-corrected chi connectivity index (χ1v) is 5.50. The molecule has 0 aliphatic heterocycles. The van der Waals surface area contributed by atoms with Crippen LogP contribution in [0.25, 0.3) is 22.1 Å². The molecular weight excluding hydrogens is 212 g/mol. The van der Waals surface area contributed by atoms with Crippen LogP contribution in [0.4, 0.5) is 0 Å². The molecule has 3 nitrogen and oxygen atoms in total. The maximum Gasteiger partial charge on any atom is 0.181 e. The molecule has 0 radical (unpaired) electrons. The van der Waals surface area contributed by atoms with E-state index in [1.54, 1.807) is 0 Å². The minimum absolute atomic E-state index is 0.388. The van der Waals surface area contributed by atoms with Crippen molar-refractivity contribution >= 4 is 10.8 Å². The molecule has 2 N–H and O–H groups in total. The molecule has 0 saturated carbocycles. The van der Waals surface area contributed by atoms with E-state index in [2.05, 4.69) is 29.2 Å². The first-order valence-electron chi connectivity index (χ1n) is 5.50. The molecule has 0 bridgehead atoms. The molecule has 3 rings (SSSR count). The highest BCUT2D eigenvalue weighted by atomic mass is 16.3. The molecule has 0 aliphatic carbocycles. The Balaban J connectivity index is 2.18. The van der Waals surface area contributed by atoms with Crippen LogP contribution in [0.1, 0.15) is 5.69 Å². The smallest absolute Gasteiger partial charge is 0.181 e. The largest absolute Gasteiger partial charge is 0.443 e. The lowest BCUT2D eigenvalue weighted by Crippen LogP contribution is -1.97. The Morgan fingerprint density at radius 1 is 1.06 bits per heavy atom. The second kappa shape index (κ2) is 4.03. The monoisotopic (exact) mass is 224 g/mol. The number of nitrogens with zero attached hydrogens (tertiary/aromatic N) is 1. The van der Waals surface area contributed by atoms with E-state index in [1.165, 1.54) is 17.2 Å². The van der Waals surface area contributed by atoms with Gasteiger partial charge in [-0.2, -0.15) is 0 Å². The third-order valence-corrected chi connectivity index (χ3v) is 2.85. The quantitative estimate of drug-likeness (QED) is 0.728. The molecular formula is C14H12N2O. The normalized spacial score (nSPS) is 10.9. The Labute approximate surface area is 98.9 Å². The van der Waals surface area contributed by atoms with Gasteiger partial charge in [-0.3, -0.25) is 0 Å². The molecule has 3 heteroatoms. The molecule has 0 saturated heterocycles. The summed E-state index contributed by atoms with van der Waals surface area (Å²) in [7, 11) is 0. The van der Waals surface area contributed by atoms with Crippen LogP contribution >= 0.6 is 0 Å². The molecule has 2 aromatic carbocycles. The second-order valence-corrected chi connectivity index (χ2v) is 3.89. The van der Waals surface area contributed by atoms with Crippen molar-refractivity contribution in [1.82, 2.24) is 4.98 Å². The molecule has 17 heavy (non-hydrogen) atoms. The van der Waals surface area contributed by atoms with Crippen LogP contribution in [0.15, 0.2) is 53.3 Å². The van der Waals surface area contributed by atoms with Crippen molar-refractivity contribution in [3.05, 3.63) is 54.6 Å². The van der Waals surface area contributed by atoms with Crippen LogP contribution < -0.4 is 5.73 Å². The van der Waals surface area contributed by atoms with Gasteiger partial charge in [0.15, 0.2) is 12.2 Å². The van der Waals surface area contributed by atoms with Crippen molar-refractivity contribution in [1.29, 1.82) is 0 Å². The fourth-order valence-electron chi connectivity index (χ4n) is 1.98. The average Bonchev–Trinajstić information content (AvgIpc) is 2.86. The number of benzene rings is 2. The van der Waals surface area contributed by atoms with Gasteiger partial charge >= 0.3 is 0 Å². The minimum Gasteiger partial charge on any atom is -0.443 e. The molecule has 0 aliphatic rings. The summed E-state index contributed by atoms with van der Waals surface area (Å²) in [5.74, 6) is 0.762. The molecule has 1 heterocycles. The predicted molar refractivity (Wildman–Crippen MR) is 67.3 cm³/mol. The Kier molecular flexibility index (Phi) is 2.38. The highest BCUT2D eigenvalue weighted by molar-refractivity contribution is 5.86. The molecule has 1 aromatic heterocycles. The zero-order valence-corrected chi connectivity index (χ0v) is 9.26. The summed E-state index contributed by atoms with van der Waals surface area (Å²) in [4.78, 5) is 4.10. The van der Waals surface area contributed by atoms with Crippen LogP contribution in [0.3, 0.4) is 0 Å². The summed E-state index contributed by atoms with van der Waals surface area (Å²) < 4.78 is 5.40. The highest BCUT2D eigenvalue weighted by Gasteiger charge is 2.09. The van der Waals surface area contributed by atoms with Crippen molar-refractivity contribution in [2.24, 2.45) is 5.73 Å². The summed E-state index contributed by atoms with van der Waals surface area (Å²) in [6.45, 7) is 0.388. The molecule has 0 atom stereocenters. The zero-order valence-electron chi connectivity index (χ0n) is 9.26. The first kappa shape index (κ1) is 10.1. The summed E-state index contributed by atoms with van der Waals surface area (Å²) in [6.07, 6.45) is 1.44. The Bertz CT molecular complexity index is 658. The number of nitrogens with two attached hydrogens (primary N) is 1. The van der Waals surface area contributed by atoms with Crippen LogP contribution in [-0.2, 0) is 6.54 Å². The molecule has 0 spiro atoms. The van der Waals surface area contributed by atoms with Crippen LogP contribution in [0, 0.1) is 0 Å². The fraction of sp³-hybridized carbons (Fsp3) is 0.0714. The average molecular weight is 224 g/mol. The van der Waals surface area contributed by atoms with Gasteiger partial charge in [0.05, 0.1) is 0 Å². The van der Waals surface area contributed by atoms with Gasteiger partial charge in [-0.25, -0.2) is 4.98 Å². The van der Waals surface area contributed by atoms with E-state index in [0.717, 1.165) is 17.0 Å². The SMILES string of the molecule is NCc1ncoc1-c1ccc2ccccc2c1. The van der Waals surface area contributed by atoms with Gasteiger partial charge in [0.2, 0.25) is 0 Å². The Morgan fingerprint density at radius 2 is 1.88 bits per heavy atom. The number of fused-ring (bicyclic) bond motifs is 1.